The summed E-state index contributed by atoms with van der Waals surface area (Å²) in [6.07, 6.45) is 4.09. The first kappa shape index (κ1) is 37.6. The van der Waals surface area contributed by atoms with Crippen LogP contribution in [-0.2, 0) is 31.2 Å². The highest BCUT2D eigenvalue weighted by atomic mass is 16.6. The second kappa shape index (κ2) is 16.6. The number of hydrogen-bond acceptors (Lipinski definition) is 12. The van der Waals surface area contributed by atoms with E-state index >= 15 is 0 Å². The lowest BCUT2D eigenvalue weighted by atomic mass is 10.1. The van der Waals surface area contributed by atoms with Gasteiger partial charge in [0, 0.05) is 56.9 Å². The van der Waals surface area contributed by atoms with Crippen LogP contribution in [0.1, 0.15) is 46.7 Å². The number of benzene rings is 1. The summed E-state index contributed by atoms with van der Waals surface area (Å²) < 4.78 is 19.4. The number of nitrogens with zero attached hydrogens (tertiary/aromatic N) is 7. The molecule has 5 rings (SSSR count). The second-order valence-electron chi connectivity index (χ2n) is 14.0. The summed E-state index contributed by atoms with van der Waals surface area (Å²) in [7, 11) is 0. The number of fused-ring (bicyclic) bond motifs is 1. The summed E-state index contributed by atoms with van der Waals surface area (Å²) >= 11 is 0. The third kappa shape index (κ3) is 10.2. The highest BCUT2D eigenvalue weighted by Gasteiger charge is 2.22. The van der Waals surface area contributed by atoms with Gasteiger partial charge < -0.3 is 29.5 Å². The number of piperazine rings is 1. The number of allylic oxidation sites excluding steroid dienone is 1. The first-order chi connectivity index (χ1) is 24.3. The predicted molar refractivity (Wildman–Crippen MR) is 197 cm³/mol. The van der Waals surface area contributed by atoms with Gasteiger partial charge >= 0.3 is 5.97 Å². The van der Waals surface area contributed by atoms with Gasteiger partial charge in [-0.1, -0.05) is 12.1 Å². The number of ether oxygens (including phenoxy) is 3. The fourth-order valence-corrected chi connectivity index (χ4v) is 5.74. The van der Waals surface area contributed by atoms with Gasteiger partial charge in [-0.2, -0.15) is 4.98 Å². The maximum atomic E-state index is 13.3. The Morgan fingerprint density at radius 2 is 1.71 bits per heavy atom. The molecular weight excluding hydrogens is 652 g/mol. The maximum absolute atomic E-state index is 13.3. The van der Waals surface area contributed by atoms with E-state index in [4.69, 9.17) is 19.2 Å². The number of aliphatic hydroxyl groups is 1. The van der Waals surface area contributed by atoms with Crippen LogP contribution >= 0.6 is 0 Å². The lowest BCUT2D eigenvalue weighted by Crippen LogP contribution is -2.46. The molecule has 0 spiro atoms. The quantitative estimate of drug-likeness (QED) is 0.0987. The van der Waals surface area contributed by atoms with Gasteiger partial charge in [-0.15, -0.1) is 6.58 Å². The first-order valence-corrected chi connectivity index (χ1v) is 17.3. The lowest BCUT2D eigenvalue weighted by Gasteiger charge is -2.36. The monoisotopic (exact) mass is 702 g/mol. The number of rotatable bonds is 16. The molecular formula is C37H50N8O6. The van der Waals surface area contributed by atoms with Gasteiger partial charge in [0.2, 0.25) is 5.95 Å². The van der Waals surface area contributed by atoms with E-state index in [1.165, 1.54) is 10.9 Å². The van der Waals surface area contributed by atoms with Crippen molar-refractivity contribution in [3.63, 3.8) is 0 Å². The van der Waals surface area contributed by atoms with E-state index in [1.807, 2.05) is 32.9 Å². The van der Waals surface area contributed by atoms with Gasteiger partial charge in [0.15, 0.2) is 11.5 Å². The van der Waals surface area contributed by atoms with Crippen molar-refractivity contribution in [3.8, 4) is 5.82 Å². The van der Waals surface area contributed by atoms with E-state index in [9.17, 15) is 14.7 Å². The summed E-state index contributed by atoms with van der Waals surface area (Å²) in [6.45, 7) is 19.0. The lowest BCUT2D eigenvalue weighted by molar-refractivity contribution is -0.160. The van der Waals surface area contributed by atoms with Crippen LogP contribution in [-0.4, -0.2) is 105 Å². The number of pyridine rings is 1. The van der Waals surface area contributed by atoms with Gasteiger partial charge in [-0.05, 0) is 77.4 Å². The molecule has 0 saturated carbocycles. The molecule has 4 aromatic rings. The van der Waals surface area contributed by atoms with Crippen LogP contribution in [0.5, 0.6) is 0 Å². The Kier molecular flexibility index (Phi) is 12.2. The Hall–Kier alpha value is -4.63. The molecule has 3 aromatic heterocycles. The molecule has 0 amide bonds. The highest BCUT2D eigenvalue weighted by molar-refractivity contribution is 5.77. The molecule has 1 saturated heterocycles. The predicted octanol–water partition coefficient (Wildman–Crippen LogP) is 4.02. The van der Waals surface area contributed by atoms with Crippen LogP contribution in [0, 0.1) is 0 Å². The molecule has 0 atom stereocenters. The van der Waals surface area contributed by atoms with E-state index in [0.29, 0.717) is 48.3 Å². The number of carbonyl (C=O) groups is 1. The highest BCUT2D eigenvalue weighted by Crippen LogP contribution is 2.24. The fourth-order valence-electron chi connectivity index (χ4n) is 5.74. The van der Waals surface area contributed by atoms with E-state index in [1.54, 1.807) is 42.8 Å². The van der Waals surface area contributed by atoms with Crippen molar-refractivity contribution in [2.24, 2.45) is 0 Å². The van der Waals surface area contributed by atoms with Crippen LogP contribution < -0.4 is 15.8 Å². The molecule has 1 aliphatic rings. The standard InChI is InChI=1S/C37H50N8O6/c1-7-16-44-34(47)29-25-38-35(41-33(29)45(44)31-11-8-10-30(40-31)37(5,6)48)39-27-12-14-28(15-13-27)43-20-18-42(19-21-43)17-9-22-49-23-24-50-26-32(46)51-36(2,3)4/h7-8,10-15,25,48H,1,9,16-24,26H2,2-6H3,(H,38,39,41). The number of anilines is 3. The summed E-state index contributed by atoms with van der Waals surface area (Å²) in [4.78, 5) is 43.6. The van der Waals surface area contributed by atoms with E-state index in [-0.39, 0.29) is 24.7 Å². The van der Waals surface area contributed by atoms with Crippen LogP contribution in [0.15, 0.2) is 66.1 Å². The Morgan fingerprint density at radius 1 is 0.980 bits per heavy atom. The molecule has 0 aliphatic carbocycles. The zero-order valence-electron chi connectivity index (χ0n) is 30.3. The maximum Gasteiger partial charge on any atom is 0.332 e. The molecule has 274 valence electrons. The summed E-state index contributed by atoms with van der Waals surface area (Å²) in [5.74, 6) is 0.419. The van der Waals surface area contributed by atoms with Crippen molar-refractivity contribution in [1.82, 2.24) is 29.2 Å². The average Bonchev–Trinajstić information content (AvgIpc) is 3.35. The Morgan fingerprint density at radius 3 is 2.39 bits per heavy atom. The van der Waals surface area contributed by atoms with E-state index < -0.39 is 11.2 Å². The number of nitrogens with one attached hydrogen (secondary N) is 1. The molecule has 0 bridgehead atoms. The van der Waals surface area contributed by atoms with Crippen molar-refractivity contribution < 1.29 is 24.1 Å². The third-order valence-corrected chi connectivity index (χ3v) is 8.19. The Balaban J connectivity index is 1.12. The van der Waals surface area contributed by atoms with Crippen molar-refractivity contribution >= 4 is 34.3 Å². The number of esters is 1. The zero-order valence-corrected chi connectivity index (χ0v) is 30.3. The second-order valence-corrected chi connectivity index (χ2v) is 14.0. The summed E-state index contributed by atoms with van der Waals surface area (Å²) in [6, 6.07) is 13.5. The van der Waals surface area contributed by atoms with Gasteiger partial charge in [0.05, 0.1) is 25.5 Å². The number of aromatic nitrogens is 5. The smallest absolute Gasteiger partial charge is 0.332 e. The molecule has 1 fully saturated rings. The third-order valence-electron chi connectivity index (χ3n) is 8.19. The number of hydrogen-bond donors (Lipinski definition) is 2. The van der Waals surface area contributed by atoms with Gasteiger partial charge in [0.1, 0.15) is 23.2 Å². The van der Waals surface area contributed by atoms with Crippen molar-refractivity contribution in [1.29, 1.82) is 0 Å². The molecule has 4 heterocycles. The Bertz CT molecular complexity index is 1830. The van der Waals surface area contributed by atoms with Crippen molar-refractivity contribution in [2.75, 3.05) is 69.4 Å². The molecule has 0 unspecified atom stereocenters. The minimum atomic E-state index is -1.16. The van der Waals surface area contributed by atoms with E-state index in [2.05, 4.69) is 43.8 Å². The molecule has 14 heteroatoms. The minimum Gasteiger partial charge on any atom is -0.458 e. The number of carbonyl (C=O) groups excluding carboxylic acids is 1. The van der Waals surface area contributed by atoms with Crippen LogP contribution in [0.25, 0.3) is 16.9 Å². The first-order valence-electron chi connectivity index (χ1n) is 17.3. The minimum absolute atomic E-state index is 0.0645. The Labute approximate surface area is 298 Å². The molecule has 2 N–H and O–H groups in total. The average molecular weight is 703 g/mol. The fraction of sp³-hybridized carbons (Fsp3) is 0.486. The molecule has 0 radical (unpaired) electrons. The van der Waals surface area contributed by atoms with Gasteiger partial charge in [-0.25, -0.2) is 24.1 Å². The normalized spacial score (nSPS) is 14.2. The largest absolute Gasteiger partial charge is 0.458 e. The van der Waals surface area contributed by atoms with Crippen LogP contribution in [0.4, 0.5) is 17.3 Å². The molecule has 1 aliphatic heterocycles. The van der Waals surface area contributed by atoms with Crippen molar-refractivity contribution in [3.05, 3.63) is 77.4 Å². The topological polar surface area (TPSA) is 149 Å². The summed E-state index contributed by atoms with van der Waals surface area (Å²) in [5, 5.41) is 14.2. The molecule has 1 aromatic carbocycles. The van der Waals surface area contributed by atoms with Gasteiger partial charge in [-0.3, -0.25) is 9.69 Å². The van der Waals surface area contributed by atoms with Crippen LogP contribution in [0.2, 0.25) is 0 Å². The van der Waals surface area contributed by atoms with Crippen LogP contribution in [0.3, 0.4) is 0 Å². The SMILES string of the molecule is C=CCn1c(=O)c2cnc(Nc3ccc(N4CCN(CCCOCCOCC(=O)OC(C)(C)C)CC4)cc3)nc2n1-c1cccc(C(C)(C)O)n1. The molecule has 51 heavy (non-hydrogen) atoms. The molecule has 14 nitrogen and oxygen atoms in total. The van der Waals surface area contributed by atoms with Crippen molar-refractivity contribution in [2.45, 2.75) is 58.8 Å². The summed E-state index contributed by atoms with van der Waals surface area (Å²) in [5.41, 5.74) is 0.878. The van der Waals surface area contributed by atoms with Gasteiger partial charge in [0.25, 0.3) is 5.56 Å². The van der Waals surface area contributed by atoms with E-state index in [0.717, 1.165) is 50.5 Å². The zero-order chi connectivity index (χ0) is 36.6.